The highest BCUT2D eigenvalue weighted by Gasteiger charge is 2.18. The minimum absolute atomic E-state index is 0.0245. The van der Waals surface area contributed by atoms with Crippen LogP contribution < -0.4 is 5.73 Å². The van der Waals surface area contributed by atoms with Crippen LogP contribution in [0.1, 0.15) is 33.6 Å². The van der Waals surface area contributed by atoms with Gasteiger partial charge >= 0.3 is 5.97 Å². The SMILES string of the molecule is CC(C)C[C@@H](CC(=O)O)[C@@H](C)N. The second-order valence-corrected chi connectivity index (χ2v) is 3.85. The summed E-state index contributed by atoms with van der Waals surface area (Å²) in [7, 11) is 0. The van der Waals surface area contributed by atoms with E-state index in [2.05, 4.69) is 13.8 Å². The monoisotopic (exact) mass is 173 g/mol. The van der Waals surface area contributed by atoms with Gasteiger partial charge in [0.2, 0.25) is 0 Å². The van der Waals surface area contributed by atoms with Gasteiger partial charge in [0.25, 0.3) is 0 Å². The number of hydrogen-bond donors (Lipinski definition) is 2. The lowest BCUT2D eigenvalue weighted by atomic mass is 9.89. The summed E-state index contributed by atoms with van der Waals surface area (Å²) in [6, 6.07) is -0.0245. The van der Waals surface area contributed by atoms with Crippen molar-refractivity contribution in [1.29, 1.82) is 0 Å². The second-order valence-electron chi connectivity index (χ2n) is 3.85. The molecule has 0 aromatic heterocycles. The van der Waals surface area contributed by atoms with Crippen LogP contribution in [0.25, 0.3) is 0 Å². The first kappa shape index (κ1) is 11.4. The van der Waals surface area contributed by atoms with E-state index in [1.54, 1.807) is 0 Å². The maximum Gasteiger partial charge on any atom is 0.303 e. The highest BCUT2D eigenvalue weighted by Crippen LogP contribution is 2.17. The summed E-state index contributed by atoms with van der Waals surface area (Å²) in [4.78, 5) is 10.4. The molecule has 0 aromatic rings. The average Bonchev–Trinajstić information content (AvgIpc) is 1.83. The number of hydrogen-bond acceptors (Lipinski definition) is 2. The fourth-order valence-corrected chi connectivity index (χ4v) is 1.31. The molecule has 0 heterocycles. The van der Waals surface area contributed by atoms with E-state index in [4.69, 9.17) is 10.8 Å². The fraction of sp³-hybridized carbons (Fsp3) is 0.889. The Labute approximate surface area is 74.0 Å². The van der Waals surface area contributed by atoms with Gasteiger partial charge in [0.15, 0.2) is 0 Å². The molecule has 0 unspecified atom stereocenters. The van der Waals surface area contributed by atoms with Crippen LogP contribution in [0.5, 0.6) is 0 Å². The highest BCUT2D eigenvalue weighted by molar-refractivity contribution is 5.67. The molecule has 0 aromatic carbocycles. The molecule has 2 atom stereocenters. The lowest BCUT2D eigenvalue weighted by Gasteiger charge is -2.20. The molecule has 0 radical (unpaired) electrons. The first-order valence-electron chi connectivity index (χ1n) is 4.40. The standard InChI is InChI=1S/C9H19NO2/c1-6(2)4-8(7(3)10)5-9(11)12/h6-8H,4-5,10H2,1-3H3,(H,11,12)/t7-,8+/m1/s1. The molecule has 3 heteroatoms. The quantitative estimate of drug-likeness (QED) is 0.661. The molecule has 0 bridgehead atoms. The molecule has 3 N–H and O–H groups in total. The molecule has 0 rings (SSSR count). The van der Waals surface area contributed by atoms with E-state index >= 15 is 0 Å². The zero-order valence-electron chi connectivity index (χ0n) is 8.08. The van der Waals surface area contributed by atoms with Crippen molar-refractivity contribution >= 4 is 5.97 Å². The maximum atomic E-state index is 10.4. The van der Waals surface area contributed by atoms with Crippen LogP contribution >= 0.6 is 0 Å². The summed E-state index contributed by atoms with van der Waals surface area (Å²) >= 11 is 0. The highest BCUT2D eigenvalue weighted by atomic mass is 16.4. The van der Waals surface area contributed by atoms with Crippen molar-refractivity contribution in [2.75, 3.05) is 0 Å². The number of carboxylic acid groups (broad SMARTS) is 1. The van der Waals surface area contributed by atoms with Crippen LogP contribution in [0.2, 0.25) is 0 Å². The van der Waals surface area contributed by atoms with Crippen molar-refractivity contribution in [3.05, 3.63) is 0 Å². The largest absolute Gasteiger partial charge is 0.481 e. The zero-order chi connectivity index (χ0) is 9.72. The second kappa shape index (κ2) is 5.14. The Morgan fingerprint density at radius 3 is 2.17 bits per heavy atom. The Balaban J connectivity index is 3.95. The van der Waals surface area contributed by atoms with E-state index < -0.39 is 5.97 Å². The molecule has 3 nitrogen and oxygen atoms in total. The van der Waals surface area contributed by atoms with Gasteiger partial charge in [-0.1, -0.05) is 13.8 Å². The minimum atomic E-state index is -0.752. The van der Waals surface area contributed by atoms with Crippen LogP contribution in [0.4, 0.5) is 0 Å². The van der Waals surface area contributed by atoms with Crippen LogP contribution in [0.15, 0.2) is 0 Å². The summed E-state index contributed by atoms with van der Waals surface area (Å²) in [5.41, 5.74) is 5.67. The normalized spacial score (nSPS) is 16.1. The zero-order valence-corrected chi connectivity index (χ0v) is 8.08. The Morgan fingerprint density at radius 1 is 1.42 bits per heavy atom. The number of carbonyl (C=O) groups is 1. The van der Waals surface area contributed by atoms with Gasteiger partial charge in [-0.05, 0) is 25.2 Å². The van der Waals surface area contributed by atoms with Gasteiger partial charge in [0, 0.05) is 12.5 Å². The first-order valence-corrected chi connectivity index (χ1v) is 4.40. The van der Waals surface area contributed by atoms with Crippen LogP contribution in [-0.2, 0) is 4.79 Å². The fourth-order valence-electron chi connectivity index (χ4n) is 1.31. The van der Waals surface area contributed by atoms with Gasteiger partial charge in [-0.2, -0.15) is 0 Å². The summed E-state index contributed by atoms with van der Waals surface area (Å²) in [5.74, 6) is -0.124. The summed E-state index contributed by atoms with van der Waals surface area (Å²) in [6.07, 6.45) is 1.08. The van der Waals surface area contributed by atoms with E-state index in [0.29, 0.717) is 5.92 Å². The molecule has 0 amide bonds. The summed E-state index contributed by atoms with van der Waals surface area (Å²) in [5, 5.41) is 8.59. The van der Waals surface area contributed by atoms with Crippen molar-refractivity contribution in [2.24, 2.45) is 17.6 Å². The Kier molecular flexibility index (Phi) is 4.90. The molecular weight excluding hydrogens is 154 g/mol. The van der Waals surface area contributed by atoms with Crippen LogP contribution in [-0.4, -0.2) is 17.1 Å². The Bertz CT molecular complexity index is 143. The molecule has 0 saturated carbocycles. The van der Waals surface area contributed by atoms with Crippen molar-refractivity contribution in [1.82, 2.24) is 0 Å². The smallest absolute Gasteiger partial charge is 0.303 e. The Hall–Kier alpha value is -0.570. The van der Waals surface area contributed by atoms with Crippen LogP contribution in [0, 0.1) is 11.8 Å². The average molecular weight is 173 g/mol. The summed E-state index contributed by atoms with van der Waals surface area (Å²) in [6.45, 7) is 6.03. The molecule has 72 valence electrons. The minimum Gasteiger partial charge on any atom is -0.481 e. The van der Waals surface area contributed by atoms with E-state index in [-0.39, 0.29) is 18.4 Å². The number of nitrogens with two attached hydrogens (primary N) is 1. The first-order chi connectivity index (χ1) is 5.43. The van der Waals surface area contributed by atoms with E-state index in [0.717, 1.165) is 6.42 Å². The summed E-state index contributed by atoms with van der Waals surface area (Å²) < 4.78 is 0. The molecule has 0 fully saturated rings. The predicted octanol–water partition coefficient (Wildman–Crippen LogP) is 1.47. The molecular formula is C9H19NO2. The number of rotatable bonds is 5. The molecule has 0 aliphatic carbocycles. The number of aliphatic carboxylic acids is 1. The van der Waals surface area contributed by atoms with Gasteiger partial charge in [0.05, 0.1) is 0 Å². The van der Waals surface area contributed by atoms with Gasteiger partial charge in [0.1, 0.15) is 0 Å². The van der Waals surface area contributed by atoms with E-state index in [1.807, 2.05) is 6.92 Å². The lowest BCUT2D eigenvalue weighted by Crippen LogP contribution is -2.29. The van der Waals surface area contributed by atoms with Crippen molar-refractivity contribution < 1.29 is 9.90 Å². The molecule has 12 heavy (non-hydrogen) atoms. The van der Waals surface area contributed by atoms with Crippen LogP contribution in [0.3, 0.4) is 0 Å². The van der Waals surface area contributed by atoms with Crippen molar-refractivity contribution in [3.63, 3.8) is 0 Å². The molecule has 0 aliphatic heterocycles. The molecule has 0 aliphatic rings. The third-order valence-corrected chi connectivity index (χ3v) is 1.95. The van der Waals surface area contributed by atoms with Gasteiger partial charge in [-0.15, -0.1) is 0 Å². The lowest BCUT2D eigenvalue weighted by molar-refractivity contribution is -0.138. The third kappa shape index (κ3) is 5.13. The predicted molar refractivity (Wildman–Crippen MR) is 48.8 cm³/mol. The van der Waals surface area contributed by atoms with E-state index in [9.17, 15) is 4.79 Å². The van der Waals surface area contributed by atoms with Crippen molar-refractivity contribution in [3.8, 4) is 0 Å². The van der Waals surface area contributed by atoms with E-state index in [1.165, 1.54) is 0 Å². The maximum absolute atomic E-state index is 10.4. The van der Waals surface area contributed by atoms with Gasteiger partial charge < -0.3 is 10.8 Å². The van der Waals surface area contributed by atoms with Gasteiger partial charge in [-0.25, -0.2) is 0 Å². The van der Waals surface area contributed by atoms with Gasteiger partial charge in [-0.3, -0.25) is 4.79 Å². The molecule has 0 saturated heterocycles. The Morgan fingerprint density at radius 2 is 1.92 bits per heavy atom. The number of carboxylic acids is 1. The third-order valence-electron chi connectivity index (χ3n) is 1.95. The van der Waals surface area contributed by atoms with Crippen molar-refractivity contribution in [2.45, 2.75) is 39.7 Å². The molecule has 0 spiro atoms. The topological polar surface area (TPSA) is 63.3 Å².